The maximum atomic E-state index is 6.08. The Morgan fingerprint density at radius 1 is 1.28 bits per heavy atom. The molecule has 1 aromatic heterocycles. The van der Waals surface area contributed by atoms with Gasteiger partial charge in [0.2, 0.25) is 0 Å². The average molecular weight is 249 g/mol. The fraction of sp³-hybridized carbons (Fsp3) is 0.667. The zero-order valence-electron chi connectivity index (χ0n) is 12.0. The molecule has 0 aliphatic carbocycles. The first-order valence-corrected chi connectivity index (χ1v) is 6.98. The number of likely N-dealkylation sites (N-methyl/N-ethyl adjacent to an activating group) is 1. The maximum absolute atomic E-state index is 6.08. The number of pyridine rings is 1. The number of aromatic nitrogens is 1. The molecule has 0 saturated carbocycles. The molecular weight excluding hydrogens is 222 g/mol. The molecule has 0 radical (unpaired) electrons. The van der Waals surface area contributed by atoms with E-state index in [1.807, 2.05) is 18.5 Å². The lowest BCUT2D eigenvalue weighted by Crippen LogP contribution is -2.51. The lowest BCUT2D eigenvalue weighted by molar-refractivity contribution is 0.0954. The molecular formula is C15H27N3. The van der Waals surface area contributed by atoms with Gasteiger partial charge in [-0.3, -0.25) is 9.88 Å². The summed E-state index contributed by atoms with van der Waals surface area (Å²) in [5.74, 6) is 0. The van der Waals surface area contributed by atoms with Crippen LogP contribution in [0.15, 0.2) is 24.5 Å². The summed E-state index contributed by atoms with van der Waals surface area (Å²) in [5, 5.41) is 0. The molecule has 3 heteroatoms. The zero-order chi connectivity index (χ0) is 13.4. The SMILES string of the molecule is CCCC(CN)(CCC)N(C)Cc1cccnc1. The van der Waals surface area contributed by atoms with E-state index >= 15 is 0 Å². The highest BCUT2D eigenvalue weighted by molar-refractivity contribution is 5.09. The third-order valence-electron chi connectivity index (χ3n) is 3.76. The molecule has 3 nitrogen and oxygen atoms in total. The van der Waals surface area contributed by atoms with Crippen LogP contribution in [0.3, 0.4) is 0 Å². The van der Waals surface area contributed by atoms with Crippen molar-refractivity contribution in [3.05, 3.63) is 30.1 Å². The van der Waals surface area contributed by atoms with E-state index in [0.717, 1.165) is 25.9 Å². The molecule has 0 aliphatic heterocycles. The van der Waals surface area contributed by atoms with E-state index in [9.17, 15) is 0 Å². The highest BCUT2D eigenvalue weighted by Crippen LogP contribution is 2.26. The first kappa shape index (κ1) is 15.1. The Morgan fingerprint density at radius 2 is 1.94 bits per heavy atom. The summed E-state index contributed by atoms with van der Waals surface area (Å²) < 4.78 is 0. The molecule has 0 bridgehead atoms. The fourth-order valence-corrected chi connectivity index (χ4v) is 2.73. The normalized spacial score (nSPS) is 12.1. The number of hydrogen-bond donors (Lipinski definition) is 1. The lowest BCUT2D eigenvalue weighted by atomic mass is 9.86. The van der Waals surface area contributed by atoms with Crippen LogP contribution in [0.5, 0.6) is 0 Å². The standard InChI is InChI=1S/C15H27N3/c1-4-8-15(13-16,9-5-2)18(3)12-14-7-6-10-17-11-14/h6-7,10-11H,4-5,8-9,12-13,16H2,1-3H3. The lowest BCUT2D eigenvalue weighted by Gasteiger charge is -2.41. The molecule has 0 aromatic carbocycles. The molecule has 0 amide bonds. The van der Waals surface area contributed by atoms with Crippen LogP contribution in [0, 0.1) is 0 Å². The van der Waals surface area contributed by atoms with Gasteiger partial charge >= 0.3 is 0 Å². The number of hydrogen-bond acceptors (Lipinski definition) is 3. The van der Waals surface area contributed by atoms with Crippen molar-refractivity contribution in [3.8, 4) is 0 Å². The number of nitrogens with zero attached hydrogens (tertiary/aromatic N) is 2. The molecule has 2 N–H and O–H groups in total. The van der Waals surface area contributed by atoms with Crippen LogP contribution >= 0.6 is 0 Å². The van der Waals surface area contributed by atoms with E-state index in [1.165, 1.54) is 18.4 Å². The van der Waals surface area contributed by atoms with Gasteiger partial charge in [-0.1, -0.05) is 32.8 Å². The second kappa shape index (κ2) is 7.49. The van der Waals surface area contributed by atoms with Gasteiger partial charge in [-0.15, -0.1) is 0 Å². The Labute approximate surface area is 111 Å². The highest BCUT2D eigenvalue weighted by atomic mass is 15.2. The first-order valence-electron chi connectivity index (χ1n) is 6.98. The Kier molecular flexibility index (Phi) is 6.30. The average Bonchev–Trinajstić information content (AvgIpc) is 2.39. The minimum Gasteiger partial charge on any atom is -0.329 e. The first-order chi connectivity index (χ1) is 8.68. The van der Waals surface area contributed by atoms with Crippen molar-refractivity contribution < 1.29 is 0 Å². The predicted octanol–water partition coefficient (Wildman–Crippen LogP) is 2.81. The van der Waals surface area contributed by atoms with Crippen molar-refractivity contribution in [2.24, 2.45) is 5.73 Å². The van der Waals surface area contributed by atoms with E-state index < -0.39 is 0 Å². The molecule has 0 atom stereocenters. The summed E-state index contributed by atoms with van der Waals surface area (Å²) in [4.78, 5) is 6.59. The monoisotopic (exact) mass is 249 g/mol. The van der Waals surface area contributed by atoms with Gasteiger partial charge < -0.3 is 5.73 Å². The van der Waals surface area contributed by atoms with Crippen molar-refractivity contribution in [1.82, 2.24) is 9.88 Å². The van der Waals surface area contributed by atoms with Gasteiger partial charge in [0.15, 0.2) is 0 Å². The van der Waals surface area contributed by atoms with E-state index in [1.54, 1.807) is 0 Å². The van der Waals surface area contributed by atoms with Gasteiger partial charge in [0.05, 0.1) is 0 Å². The Morgan fingerprint density at radius 3 is 2.39 bits per heavy atom. The Balaban J connectivity index is 2.78. The van der Waals surface area contributed by atoms with Gasteiger partial charge in [-0.25, -0.2) is 0 Å². The second-order valence-electron chi connectivity index (χ2n) is 5.15. The van der Waals surface area contributed by atoms with E-state index in [2.05, 4.69) is 36.8 Å². The summed E-state index contributed by atoms with van der Waals surface area (Å²) in [6, 6.07) is 4.12. The summed E-state index contributed by atoms with van der Waals surface area (Å²) in [5.41, 5.74) is 7.47. The van der Waals surface area contributed by atoms with Crippen LogP contribution in [0.4, 0.5) is 0 Å². The molecule has 102 valence electrons. The molecule has 0 fully saturated rings. The van der Waals surface area contributed by atoms with Gasteiger partial charge in [-0.2, -0.15) is 0 Å². The molecule has 0 unspecified atom stereocenters. The van der Waals surface area contributed by atoms with Crippen LogP contribution in [0.25, 0.3) is 0 Å². The van der Waals surface area contributed by atoms with Gasteiger partial charge in [0.25, 0.3) is 0 Å². The van der Waals surface area contributed by atoms with Crippen molar-refractivity contribution in [3.63, 3.8) is 0 Å². The van der Waals surface area contributed by atoms with Crippen LogP contribution in [0.2, 0.25) is 0 Å². The van der Waals surface area contributed by atoms with E-state index in [4.69, 9.17) is 5.73 Å². The van der Waals surface area contributed by atoms with Crippen molar-refractivity contribution in [2.75, 3.05) is 13.6 Å². The van der Waals surface area contributed by atoms with Crippen molar-refractivity contribution in [2.45, 2.75) is 51.6 Å². The predicted molar refractivity (Wildman–Crippen MR) is 77.3 cm³/mol. The van der Waals surface area contributed by atoms with Crippen LogP contribution in [0.1, 0.15) is 45.1 Å². The van der Waals surface area contributed by atoms with Crippen LogP contribution in [-0.2, 0) is 6.54 Å². The third kappa shape index (κ3) is 3.79. The highest BCUT2D eigenvalue weighted by Gasteiger charge is 2.31. The molecule has 1 aromatic rings. The quantitative estimate of drug-likeness (QED) is 0.770. The topological polar surface area (TPSA) is 42.1 Å². The van der Waals surface area contributed by atoms with Crippen LogP contribution in [-0.4, -0.2) is 29.0 Å². The second-order valence-corrected chi connectivity index (χ2v) is 5.15. The van der Waals surface area contributed by atoms with Gasteiger partial charge in [0, 0.05) is 31.0 Å². The molecule has 1 rings (SSSR count). The Hall–Kier alpha value is -0.930. The molecule has 0 aliphatic rings. The Bertz CT molecular complexity index is 318. The number of rotatable bonds is 8. The third-order valence-corrected chi connectivity index (χ3v) is 3.76. The van der Waals surface area contributed by atoms with Crippen LogP contribution < -0.4 is 5.73 Å². The summed E-state index contributed by atoms with van der Waals surface area (Å²) in [7, 11) is 2.19. The van der Waals surface area contributed by atoms with Gasteiger partial charge in [0.1, 0.15) is 0 Å². The summed E-state index contributed by atoms with van der Waals surface area (Å²) in [6.07, 6.45) is 8.43. The molecule has 1 heterocycles. The largest absolute Gasteiger partial charge is 0.329 e. The maximum Gasteiger partial charge on any atom is 0.0332 e. The van der Waals surface area contributed by atoms with E-state index in [0.29, 0.717) is 0 Å². The van der Waals surface area contributed by atoms with Gasteiger partial charge in [-0.05, 0) is 31.5 Å². The van der Waals surface area contributed by atoms with Crippen molar-refractivity contribution >= 4 is 0 Å². The number of nitrogens with two attached hydrogens (primary N) is 1. The summed E-state index contributed by atoms with van der Waals surface area (Å²) in [6.45, 7) is 6.12. The molecule has 18 heavy (non-hydrogen) atoms. The minimum atomic E-state index is 0.138. The molecule has 0 spiro atoms. The fourth-order valence-electron chi connectivity index (χ4n) is 2.73. The van der Waals surface area contributed by atoms with Crippen molar-refractivity contribution in [1.29, 1.82) is 0 Å². The summed E-state index contributed by atoms with van der Waals surface area (Å²) >= 11 is 0. The minimum absolute atomic E-state index is 0.138. The smallest absolute Gasteiger partial charge is 0.0332 e. The van der Waals surface area contributed by atoms with E-state index in [-0.39, 0.29) is 5.54 Å². The molecule has 0 saturated heterocycles. The zero-order valence-corrected chi connectivity index (χ0v) is 12.0.